The number of hydrogen-bond donors (Lipinski definition) is 5. The summed E-state index contributed by atoms with van der Waals surface area (Å²) in [6.07, 6.45) is -7.10. The number of ether oxygens (including phenoxy) is 3. The normalized spacial score (nSPS) is 26.2. The first kappa shape index (κ1) is 22.0. The first-order chi connectivity index (χ1) is 14.3. The molecule has 3 rings (SSSR count). The van der Waals surface area contributed by atoms with E-state index in [2.05, 4.69) is 0 Å². The second-order valence-electron chi connectivity index (χ2n) is 6.94. The zero-order valence-corrected chi connectivity index (χ0v) is 16.2. The summed E-state index contributed by atoms with van der Waals surface area (Å²) in [5.74, 6) is 0.106. The zero-order valence-electron chi connectivity index (χ0n) is 16.2. The maximum atomic E-state index is 12.5. The van der Waals surface area contributed by atoms with Crippen molar-refractivity contribution in [3.8, 4) is 17.2 Å². The molecule has 5 atom stereocenters. The van der Waals surface area contributed by atoms with Crippen LogP contribution in [0.1, 0.15) is 15.9 Å². The van der Waals surface area contributed by atoms with Crippen molar-refractivity contribution in [1.29, 1.82) is 0 Å². The minimum Gasteiger partial charge on any atom is -0.507 e. The Balaban J connectivity index is 1.69. The molecule has 9 heteroatoms. The van der Waals surface area contributed by atoms with Crippen LogP contribution in [0, 0.1) is 0 Å². The molecule has 1 heterocycles. The van der Waals surface area contributed by atoms with Crippen LogP contribution in [-0.2, 0) is 11.2 Å². The molecule has 0 aromatic heterocycles. The van der Waals surface area contributed by atoms with Crippen LogP contribution < -0.4 is 9.47 Å². The molecule has 1 saturated heterocycles. The number of carbonyl (C=O) groups is 1. The highest BCUT2D eigenvalue weighted by Gasteiger charge is 2.44. The van der Waals surface area contributed by atoms with Gasteiger partial charge in [0.15, 0.2) is 5.78 Å². The lowest BCUT2D eigenvalue weighted by molar-refractivity contribution is -0.277. The summed E-state index contributed by atoms with van der Waals surface area (Å²) < 4.78 is 15.8. The quantitative estimate of drug-likeness (QED) is 0.391. The molecule has 2 aromatic rings. The molecular weight excluding hydrogens is 396 g/mol. The Kier molecular flexibility index (Phi) is 6.91. The minimum atomic E-state index is -1.58. The molecule has 1 aliphatic heterocycles. The Morgan fingerprint density at radius 1 is 1.00 bits per heavy atom. The number of phenolic OH excluding ortho intramolecular Hbond substituents is 1. The summed E-state index contributed by atoms with van der Waals surface area (Å²) >= 11 is 0. The van der Waals surface area contributed by atoms with E-state index in [1.165, 1.54) is 18.2 Å². The van der Waals surface area contributed by atoms with E-state index in [4.69, 9.17) is 14.2 Å². The van der Waals surface area contributed by atoms with E-state index < -0.39 is 37.3 Å². The van der Waals surface area contributed by atoms with Gasteiger partial charge in [0.1, 0.15) is 41.7 Å². The highest BCUT2D eigenvalue weighted by Crippen LogP contribution is 2.29. The molecule has 9 nitrogen and oxygen atoms in total. The molecule has 30 heavy (non-hydrogen) atoms. The summed E-state index contributed by atoms with van der Waals surface area (Å²) in [6, 6.07) is 10.9. The number of carbonyl (C=O) groups excluding carboxylic acids is 1. The topological polar surface area (TPSA) is 146 Å². The van der Waals surface area contributed by atoms with Crippen LogP contribution in [0.25, 0.3) is 0 Å². The van der Waals surface area contributed by atoms with Crippen LogP contribution in [0.4, 0.5) is 0 Å². The van der Waals surface area contributed by atoms with E-state index >= 15 is 0 Å². The van der Waals surface area contributed by atoms with Gasteiger partial charge in [-0.25, -0.2) is 0 Å². The largest absolute Gasteiger partial charge is 0.507 e. The van der Waals surface area contributed by atoms with Crippen molar-refractivity contribution < 1.29 is 44.5 Å². The predicted molar refractivity (Wildman–Crippen MR) is 104 cm³/mol. The van der Waals surface area contributed by atoms with Gasteiger partial charge in [-0.15, -0.1) is 0 Å². The molecule has 2 aromatic carbocycles. The monoisotopic (exact) mass is 420 g/mol. The van der Waals surface area contributed by atoms with Gasteiger partial charge in [-0.05, 0) is 29.8 Å². The molecule has 0 spiro atoms. The predicted octanol–water partition coefficient (Wildman–Crippen LogP) is 0.00490. The smallest absolute Gasteiger partial charge is 0.229 e. The fourth-order valence-corrected chi connectivity index (χ4v) is 3.14. The van der Waals surface area contributed by atoms with E-state index in [1.54, 1.807) is 31.4 Å². The van der Waals surface area contributed by atoms with Crippen LogP contribution >= 0.6 is 0 Å². The summed E-state index contributed by atoms with van der Waals surface area (Å²) in [5, 5.41) is 49.1. The summed E-state index contributed by atoms with van der Waals surface area (Å²) in [4.78, 5) is 12.5. The van der Waals surface area contributed by atoms with Crippen molar-refractivity contribution in [3.05, 3.63) is 53.6 Å². The van der Waals surface area contributed by atoms with Crippen molar-refractivity contribution in [2.75, 3.05) is 13.7 Å². The average molecular weight is 420 g/mol. The average Bonchev–Trinajstić information content (AvgIpc) is 2.74. The number of hydrogen-bond acceptors (Lipinski definition) is 9. The lowest BCUT2D eigenvalue weighted by Gasteiger charge is -2.39. The SMILES string of the molecule is COc1ccc(CC(=O)c2ccc(O[C@@H]3O[C@H](CO)[C@H](O)[C@H](O)[C@H]3O)cc2O)cc1. The fraction of sp³-hybridized carbons (Fsp3) is 0.381. The molecule has 0 saturated carbocycles. The minimum absolute atomic E-state index is 0.0674. The third-order valence-electron chi connectivity index (χ3n) is 4.89. The van der Waals surface area contributed by atoms with E-state index in [0.717, 1.165) is 5.56 Å². The number of rotatable bonds is 7. The van der Waals surface area contributed by atoms with E-state index in [0.29, 0.717) is 5.75 Å². The third kappa shape index (κ3) is 4.72. The molecule has 0 unspecified atom stereocenters. The number of benzene rings is 2. The number of aliphatic hydroxyl groups is 4. The van der Waals surface area contributed by atoms with E-state index in [1.807, 2.05) is 0 Å². The highest BCUT2D eigenvalue weighted by molar-refractivity contribution is 6.00. The van der Waals surface area contributed by atoms with Gasteiger partial charge in [0.25, 0.3) is 0 Å². The van der Waals surface area contributed by atoms with Crippen molar-refractivity contribution in [3.63, 3.8) is 0 Å². The number of ketones is 1. The van der Waals surface area contributed by atoms with Crippen molar-refractivity contribution in [2.45, 2.75) is 37.1 Å². The first-order valence-corrected chi connectivity index (χ1v) is 9.30. The van der Waals surface area contributed by atoms with Crippen LogP contribution in [-0.4, -0.2) is 75.7 Å². The van der Waals surface area contributed by atoms with Gasteiger partial charge in [0, 0.05) is 12.5 Å². The summed E-state index contributed by atoms with van der Waals surface area (Å²) in [5.41, 5.74) is 0.841. The lowest BCUT2D eigenvalue weighted by atomic mass is 9.99. The Hall–Kier alpha value is -2.69. The van der Waals surface area contributed by atoms with E-state index in [9.17, 15) is 30.3 Å². The number of methoxy groups -OCH3 is 1. The highest BCUT2D eigenvalue weighted by atomic mass is 16.7. The van der Waals surface area contributed by atoms with Gasteiger partial charge in [0.2, 0.25) is 6.29 Å². The standard InChI is InChI=1S/C21H24O9/c1-28-12-4-2-11(3-5-12)8-15(23)14-7-6-13(9-16(14)24)29-21-20(27)19(26)18(25)17(10-22)30-21/h2-7,9,17-22,24-27H,8,10H2,1H3/t17-,18+,19+,20-,21-/m1/s1. The molecule has 5 N–H and O–H groups in total. The molecule has 0 amide bonds. The molecular formula is C21H24O9. The van der Waals surface area contributed by atoms with Crippen LogP contribution in [0.15, 0.2) is 42.5 Å². The third-order valence-corrected chi connectivity index (χ3v) is 4.89. The number of aliphatic hydroxyl groups excluding tert-OH is 4. The molecule has 162 valence electrons. The first-order valence-electron chi connectivity index (χ1n) is 9.30. The van der Waals surface area contributed by atoms with Gasteiger partial charge in [-0.3, -0.25) is 4.79 Å². The molecule has 0 bridgehead atoms. The Morgan fingerprint density at radius 2 is 1.67 bits per heavy atom. The number of phenols is 1. The summed E-state index contributed by atoms with van der Waals surface area (Å²) in [6.45, 7) is -0.588. The number of aromatic hydroxyl groups is 1. The Labute approximate surface area is 172 Å². The van der Waals surface area contributed by atoms with Gasteiger partial charge in [0.05, 0.1) is 19.3 Å². The number of Topliss-reactive ketones (excluding diaryl/α,β-unsaturated/α-hetero) is 1. The van der Waals surface area contributed by atoms with Gasteiger partial charge >= 0.3 is 0 Å². The maximum Gasteiger partial charge on any atom is 0.229 e. The Morgan fingerprint density at radius 3 is 2.27 bits per heavy atom. The Bertz CT molecular complexity index is 865. The van der Waals surface area contributed by atoms with Gasteiger partial charge < -0.3 is 39.7 Å². The van der Waals surface area contributed by atoms with Crippen LogP contribution in [0.5, 0.6) is 17.2 Å². The summed E-state index contributed by atoms with van der Waals surface area (Å²) in [7, 11) is 1.55. The van der Waals surface area contributed by atoms with Crippen molar-refractivity contribution >= 4 is 5.78 Å². The fourth-order valence-electron chi connectivity index (χ4n) is 3.14. The molecule has 1 aliphatic rings. The lowest BCUT2D eigenvalue weighted by Crippen LogP contribution is -2.60. The second kappa shape index (κ2) is 9.41. The van der Waals surface area contributed by atoms with Gasteiger partial charge in [-0.2, -0.15) is 0 Å². The maximum absolute atomic E-state index is 12.5. The van der Waals surface area contributed by atoms with Crippen LogP contribution in [0.2, 0.25) is 0 Å². The van der Waals surface area contributed by atoms with Gasteiger partial charge in [-0.1, -0.05) is 12.1 Å². The second-order valence-corrected chi connectivity index (χ2v) is 6.94. The molecule has 0 aliphatic carbocycles. The van der Waals surface area contributed by atoms with Crippen molar-refractivity contribution in [2.24, 2.45) is 0 Å². The zero-order chi connectivity index (χ0) is 21.8. The van der Waals surface area contributed by atoms with E-state index in [-0.39, 0.29) is 29.3 Å². The van der Waals surface area contributed by atoms with Crippen molar-refractivity contribution in [1.82, 2.24) is 0 Å². The molecule has 1 fully saturated rings. The van der Waals surface area contributed by atoms with Crippen LogP contribution in [0.3, 0.4) is 0 Å². The molecule has 0 radical (unpaired) electrons.